The summed E-state index contributed by atoms with van der Waals surface area (Å²) in [6, 6.07) is 1.63. The Morgan fingerprint density at radius 2 is 1.67 bits per heavy atom. The summed E-state index contributed by atoms with van der Waals surface area (Å²) in [6.07, 6.45) is 1.78. The zero-order chi connectivity index (χ0) is 8.97. The number of ether oxygens (including phenoxy) is 2. The molecule has 4 heteroatoms. The molecule has 0 atom stereocenters. The first kappa shape index (κ1) is 8.77. The average Bonchev–Trinajstić information content (AvgIpc) is 2.16. The third kappa shape index (κ3) is 1.84. The number of aromatic nitrogens is 2. The van der Waals surface area contributed by atoms with Gasteiger partial charge in [0.05, 0.1) is 20.3 Å². The number of hydrogen-bond donors (Lipinski definition) is 0. The van der Waals surface area contributed by atoms with Gasteiger partial charge in [0.1, 0.15) is 5.82 Å². The minimum Gasteiger partial charge on any atom is -0.481 e. The molecule has 0 fully saturated rings. The van der Waals surface area contributed by atoms with E-state index < -0.39 is 0 Å². The highest BCUT2D eigenvalue weighted by Gasteiger charge is 2.02. The Bertz CT molecular complexity index is 208. The summed E-state index contributed by atoms with van der Waals surface area (Å²) in [6.45, 7) is 1.86. The molecule has 0 saturated carbocycles. The van der Waals surface area contributed by atoms with Crippen LogP contribution in [0.4, 0.5) is 0 Å². The summed E-state index contributed by atoms with van der Waals surface area (Å²) in [5, 5.41) is 0. The van der Waals surface area contributed by atoms with Gasteiger partial charge >= 0.3 is 0 Å². The number of hydrogen-bond acceptors (Lipinski definition) is 4. The van der Waals surface area contributed by atoms with Gasteiger partial charge in [-0.15, -0.1) is 0 Å². The lowest BCUT2D eigenvalue weighted by Crippen LogP contribution is -1.97. The quantitative estimate of drug-likeness (QED) is 0.675. The molecule has 1 aromatic rings. The fourth-order valence-electron chi connectivity index (χ4n) is 0.759. The van der Waals surface area contributed by atoms with Crippen LogP contribution in [0.1, 0.15) is 12.7 Å². The summed E-state index contributed by atoms with van der Waals surface area (Å²) in [5.74, 6) is 1.62. The number of nitrogens with zero attached hydrogens (tertiary/aromatic N) is 2. The van der Waals surface area contributed by atoms with Crippen molar-refractivity contribution >= 4 is 0 Å². The van der Waals surface area contributed by atoms with Gasteiger partial charge in [-0.2, -0.15) is 9.97 Å². The Hall–Kier alpha value is -1.32. The van der Waals surface area contributed by atoms with Crippen LogP contribution in [0.25, 0.3) is 0 Å². The molecule has 0 aliphatic carbocycles. The van der Waals surface area contributed by atoms with E-state index >= 15 is 0 Å². The highest BCUT2D eigenvalue weighted by atomic mass is 16.5. The summed E-state index contributed by atoms with van der Waals surface area (Å²) >= 11 is 0. The van der Waals surface area contributed by atoms with E-state index in [1.54, 1.807) is 26.7 Å². The van der Waals surface area contributed by atoms with Gasteiger partial charge in [0.2, 0.25) is 11.8 Å². The lowest BCUT2D eigenvalue weighted by Gasteiger charge is -2.03. The lowest BCUT2D eigenvalue weighted by molar-refractivity contribution is 0.370. The van der Waals surface area contributed by atoms with E-state index in [0.29, 0.717) is 17.6 Å². The smallest absolute Gasteiger partial charge is 0.220 e. The normalized spacial score (nSPS) is 9.58. The average molecular weight is 167 g/mol. The molecule has 1 radical (unpaired) electrons. The summed E-state index contributed by atoms with van der Waals surface area (Å²) < 4.78 is 9.90. The van der Waals surface area contributed by atoms with Crippen LogP contribution < -0.4 is 9.47 Å². The van der Waals surface area contributed by atoms with Crippen molar-refractivity contribution in [2.45, 2.75) is 6.92 Å². The molecular weight excluding hydrogens is 156 g/mol. The molecule has 12 heavy (non-hydrogen) atoms. The van der Waals surface area contributed by atoms with Gasteiger partial charge in [-0.1, -0.05) is 6.92 Å². The monoisotopic (exact) mass is 167 g/mol. The zero-order valence-corrected chi connectivity index (χ0v) is 7.37. The first-order valence-electron chi connectivity index (χ1n) is 3.56. The predicted molar refractivity (Wildman–Crippen MR) is 44.2 cm³/mol. The molecule has 0 aliphatic rings. The van der Waals surface area contributed by atoms with Crippen molar-refractivity contribution in [2.75, 3.05) is 14.2 Å². The molecule has 0 N–H and O–H groups in total. The van der Waals surface area contributed by atoms with E-state index in [-0.39, 0.29) is 0 Å². The molecule has 65 valence electrons. The second-order valence-corrected chi connectivity index (χ2v) is 2.10. The molecule has 0 bridgehead atoms. The third-order valence-electron chi connectivity index (χ3n) is 1.37. The Balaban J connectivity index is 3.01. The summed E-state index contributed by atoms with van der Waals surface area (Å²) in [5.41, 5.74) is 0. The highest BCUT2D eigenvalue weighted by molar-refractivity contribution is 5.22. The van der Waals surface area contributed by atoms with Gasteiger partial charge in [0.15, 0.2) is 0 Å². The molecule has 1 rings (SSSR count). The van der Waals surface area contributed by atoms with Gasteiger partial charge in [0, 0.05) is 6.42 Å². The molecular formula is C8H11N2O2. The van der Waals surface area contributed by atoms with Crippen molar-refractivity contribution in [2.24, 2.45) is 0 Å². The maximum atomic E-state index is 4.95. The van der Waals surface area contributed by atoms with Crippen molar-refractivity contribution in [1.29, 1.82) is 0 Å². The van der Waals surface area contributed by atoms with Crippen molar-refractivity contribution < 1.29 is 9.47 Å². The van der Waals surface area contributed by atoms with Crippen LogP contribution in [0.3, 0.4) is 0 Å². The van der Waals surface area contributed by atoms with E-state index in [0.717, 1.165) is 0 Å². The minimum absolute atomic E-state index is 0.509. The van der Waals surface area contributed by atoms with Crippen molar-refractivity contribution in [1.82, 2.24) is 9.97 Å². The molecule has 0 saturated heterocycles. The van der Waals surface area contributed by atoms with Gasteiger partial charge < -0.3 is 9.47 Å². The van der Waals surface area contributed by atoms with Crippen LogP contribution in [0.15, 0.2) is 6.07 Å². The van der Waals surface area contributed by atoms with Crippen molar-refractivity contribution in [3.63, 3.8) is 0 Å². The number of rotatable bonds is 3. The van der Waals surface area contributed by atoms with Crippen LogP contribution in [-0.2, 0) is 0 Å². The molecule has 0 amide bonds. The van der Waals surface area contributed by atoms with E-state index in [1.807, 2.05) is 6.92 Å². The SMILES string of the molecule is C[CH]c1nc(OC)cc(OC)n1. The maximum absolute atomic E-state index is 4.95. The Morgan fingerprint density at radius 3 is 2.00 bits per heavy atom. The maximum Gasteiger partial charge on any atom is 0.220 e. The minimum atomic E-state index is 0.509. The highest BCUT2D eigenvalue weighted by Crippen LogP contribution is 2.14. The zero-order valence-electron chi connectivity index (χ0n) is 7.37. The van der Waals surface area contributed by atoms with Crippen molar-refractivity contribution in [3.8, 4) is 11.8 Å². The predicted octanol–water partition coefficient (Wildman–Crippen LogP) is 1.07. The van der Waals surface area contributed by atoms with Gasteiger partial charge in [-0.25, -0.2) is 0 Å². The standard InChI is InChI=1S/C8H11N2O2/c1-4-6-9-7(11-2)5-8(10-6)12-3/h4-5H,1-3H3. The van der Waals surface area contributed by atoms with Gasteiger partial charge in [-0.05, 0) is 0 Å². The molecule has 1 aromatic heterocycles. The molecule has 4 nitrogen and oxygen atoms in total. The first-order chi connectivity index (χ1) is 5.80. The summed E-state index contributed by atoms with van der Waals surface area (Å²) in [7, 11) is 3.11. The Morgan fingerprint density at radius 1 is 1.17 bits per heavy atom. The Kier molecular flexibility index (Phi) is 2.85. The fourth-order valence-corrected chi connectivity index (χ4v) is 0.759. The van der Waals surface area contributed by atoms with Crippen LogP contribution in [0.5, 0.6) is 11.8 Å². The van der Waals surface area contributed by atoms with Crippen LogP contribution >= 0.6 is 0 Å². The lowest BCUT2D eigenvalue weighted by atomic mass is 10.4. The molecule has 0 spiro atoms. The summed E-state index contributed by atoms with van der Waals surface area (Å²) in [4.78, 5) is 8.10. The van der Waals surface area contributed by atoms with Crippen LogP contribution in [0, 0.1) is 6.42 Å². The van der Waals surface area contributed by atoms with Gasteiger partial charge in [0.25, 0.3) is 0 Å². The second kappa shape index (κ2) is 3.90. The van der Waals surface area contributed by atoms with E-state index in [1.165, 1.54) is 0 Å². The van der Waals surface area contributed by atoms with Crippen LogP contribution in [0.2, 0.25) is 0 Å². The third-order valence-corrected chi connectivity index (χ3v) is 1.37. The van der Waals surface area contributed by atoms with Crippen molar-refractivity contribution in [3.05, 3.63) is 18.3 Å². The molecule has 0 unspecified atom stereocenters. The molecule has 0 aliphatic heterocycles. The first-order valence-corrected chi connectivity index (χ1v) is 3.56. The fraction of sp³-hybridized carbons (Fsp3) is 0.375. The topological polar surface area (TPSA) is 44.2 Å². The molecule has 1 heterocycles. The van der Waals surface area contributed by atoms with Gasteiger partial charge in [-0.3, -0.25) is 0 Å². The second-order valence-electron chi connectivity index (χ2n) is 2.10. The van der Waals surface area contributed by atoms with E-state index in [2.05, 4.69) is 9.97 Å². The largest absolute Gasteiger partial charge is 0.481 e. The Labute approximate surface area is 71.6 Å². The van der Waals surface area contributed by atoms with E-state index in [9.17, 15) is 0 Å². The van der Waals surface area contributed by atoms with E-state index in [4.69, 9.17) is 9.47 Å². The number of methoxy groups -OCH3 is 2. The van der Waals surface area contributed by atoms with Crippen LogP contribution in [-0.4, -0.2) is 24.2 Å². The molecule has 0 aromatic carbocycles.